The highest BCUT2D eigenvalue weighted by molar-refractivity contribution is 7.48. The zero-order chi connectivity index (χ0) is 16.0. The summed E-state index contributed by atoms with van der Waals surface area (Å²) in [4.78, 5) is 0. The average molecular weight is 314 g/mol. The van der Waals surface area contributed by atoms with E-state index >= 15 is 0 Å². The summed E-state index contributed by atoms with van der Waals surface area (Å²) >= 11 is 0. The number of phosphoric acid groups is 1. The Bertz CT molecular complexity index is 487. The van der Waals surface area contributed by atoms with Gasteiger partial charge in [-0.2, -0.15) is 0 Å². The van der Waals surface area contributed by atoms with Crippen molar-refractivity contribution >= 4 is 7.82 Å². The minimum atomic E-state index is -3.56. The molecule has 0 aromatic heterocycles. The Morgan fingerprint density at radius 2 is 1.57 bits per heavy atom. The second-order valence-corrected chi connectivity index (χ2v) is 7.07. The maximum Gasteiger partial charge on any atom is 0.530 e. The smallest absolute Gasteiger partial charge is 0.404 e. The number of hydrogen-bond donors (Lipinski definition) is 0. The SMILES string of the molecule is CCOP(=O)(OCC)Oc1cc(C(C)C)ccc1C(C)C. The van der Waals surface area contributed by atoms with Crippen LogP contribution in [0.3, 0.4) is 0 Å². The first kappa shape index (κ1) is 18.2. The second-order valence-electron chi connectivity index (χ2n) is 5.48. The van der Waals surface area contributed by atoms with E-state index in [2.05, 4.69) is 33.8 Å². The molecule has 0 spiro atoms. The van der Waals surface area contributed by atoms with E-state index in [0.29, 0.717) is 11.7 Å². The van der Waals surface area contributed by atoms with E-state index in [-0.39, 0.29) is 19.1 Å². The summed E-state index contributed by atoms with van der Waals surface area (Å²) in [6.07, 6.45) is 0. The van der Waals surface area contributed by atoms with E-state index in [1.54, 1.807) is 13.8 Å². The standard InChI is InChI=1S/C16H27O4P/c1-7-18-21(17,19-8-2)20-16-11-14(12(3)4)9-10-15(16)13(5)6/h9-13H,7-8H2,1-6H3. The molecular weight excluding hydrogens is 287 g/mol. The van der Waals surface area contributed by atoms with E-state index in [1.165, 1.54) is 0 Å². The Morgan fingerprint density at radius 3 is 2.00 bits per heavy atom. The highest BCUT2D eigenvalue weighted by Gasteiger charge is 2.29. The van der Waals surface area contributed by atoms with Gasteiger partial charge in [-0.3, -0.25) is 9.05 Å². The van der Waals surface area contributed by atoms with Crippen molar-refractivity contribution in [3.63, 3.8) is 0 Å². The molecule has 5 heteroatoms. The van der Waals surface area contributed by atoms with Crippen LogP contribution < -0.4 is 4.52 Å². The topological polar surface area (TPSA) is 44.8 Å². The summed E-state index contributed by atoms with van der Waals surface area (Å²) in [5.41, 5.74) is 2.13. The van der Waals surface area contributed by atoms with Crippen molar-refractivity contribution in [1.82, 2.24) is 0 Å². The molecule has 0 saturated carbocycles. The van der Waals surface area contributed by atoms with Gasteiger partial charge in [-0.15, -0.1) is 0 Å². The maximum atomic E-state index is 12.6. The van der Waals surface area contributed by atoms with Crippen LogP contribution in [0.4, 0.5) is 0 Å². The lowest BCUT2D eigenvalue weighted by atomic mass is 9.96. The molecule has 0 amide bonds. The third-order valence-electron chi connectivity index (χ3n) is 3.11. The summed E-state index contributed by atoms with van der Waals surface area (Å²) in [6, 6.07) is 6.04. The predicted molar refractivity (Wildman–Crippen MR) is 86.1 cm³/mol. The number of hydrogen-bond acceptors (Lipinski definition) is 4. The van der Waals surface area contributed by atoms with Crippen LogP contribution in [0, 0.1) is 0 Å². The molecule has 4 nitrogen and oxygen atoms in total. The molecule has 0 atom stereocenters. The van der Waals surface area contributed by atoms with E-state index < -0.39 is 7.82 Å². The van der Waals surface area contributed by atoms with Gasteiger partial charge in [-0.25, -0.2) is 4.57 Å². The molecule has 21 heavy (non-hydrogen) atoms. The largest absolute Gasteiger partial charge is 0.530 e. The molecule has 0 heterocycles. The van der Waals surface area contributed by atoms with Crippen LogP contribution in [-0.4, -0.2) is 13.2 Å². The van der Waals surface area contributed by atoms with E-state index in [9.17, 15) is 4.57 Å². The summed E-state index contributed by atoms with van der Waals surface area (Å²) in [5, 5.41) is 0. The third kappa shape index (κ3) is 5.14. The molecule has 0 aliphatic carbocycles. The Hall–Kier alpha value is -0.830. The fourth-order valence-electron chi connectivity index (χ4n) is 1.99. The van der Waals surface area contributed by atoms with E-state index in [0.717, 1.165) is 11.1 Å². The van der Waals surface area contributed by atoms with Gasteiger partial charge in [0, 0.05) is 0 Å². The molecule has 0 saturated heterocycles. The van der Waals surface area contributed by atoms with Crippen molar-refractivity contribution in [2.45, 2.75) is 53.4 Å². The summed E-state index contributed by atoms with van der Waals surface area (Å²) in [5.74, 6) is 1.21. The van der Waals surface area contributed by atoms with Gasteiger partial charge in [-0.1, -0.05) is 39.8 Å². The van der Waals surface area contributed by atoms with Gasteiger partial charge in [0.1, 0.15) is 5.75 Å². The van der Waals surface area contributed by atoms with Crippen LogP contribution in [0.1, 0.15) is 64.5 Å². The van der Waals surface area contributed by atoms with Gasteiger partial charge in [0.2, 0.25) is 0 Å². The van der Waals surface area contributed by atoms with E-state index in [1.807, 2.05) is 12.1 Å². The van der Waals surface area contributed by atoms with Gasteiger partial charge in [-0.05, 0) is 42.9 Å². The van der Waals surface area contributed by atoms with Crippen molar-refractivity contribution in [2.24, 2.45) is 0 Å². The fraction of sp³-hybridized carbons (Fsp3) is 0.625. The number of benzene rings is 1. The van der Waals surface area contributed by atoms with Crippen LogP contribution in [0.2, 0.25) is 0 Å². The first-order valence-electron chi connectivity index (χ1n) is 7.55. The summed E-state index contributed by atoms with van der Waals surface area (Å²) < 4.78 is 28.7. The Balaban J connectivity index is 3.18. The monoisotopic (exact) mass is 314 g/mol. The molecule has 0 fully saturated rings. The summed E-state index contributed by atoms with van der Waals surface area (Å²) in [6.45, 7) is 12.5. The predicted octanol–water partition coefficient (Wildman–Crippen LogP) is 5.49. The quantitative estimate of drug-likeness (QED) is 0.595. The highest BCUT2D eigenvalue weighted by atomic mass is 31.2. The molecule has 1 aromatic rings. The average Bonchev–Trinajstić information content (AvgIpc) is 2.38. The normalized spacial score (nSPS) is 12.2. The van der Waals surface area contributed by atoms with Crippen molar-refractivity contribution in [2.75, 3.05) is 13.2 Å². The molecule has 0 bridgehead atoms. The molecule has 1 rings (SSSR count). The van der Waals surface area contributed by atoms with Crippen LogP contribution in [0.15, 0.2) is 18.2 Å². The Kier molecular flexibility index (Phi) is 6.92. The van der Waals surface area contributed by atoms with Gasteiger partial charge >= 0.3 is 7.82 Å². The molecule has 120 valence electrons. The molecule has 0 N–H and O–H groups in total. The lowest BCUT2D eigenvalue weighted by Gasteiger charge is -2.21. The Labute approximate surface area is 128 Å². The van der Waals surface area contributed by atoms with Crippen LogP contribution >= 0.6 is 7.82 Å². The highest BCUT2D eigenvalue weighted by Crippen LogP contribution is 2.51. The van der Waals surface area contributed by atoms with Crippen LogP contribution in [0.25, 0.3) is 0 Å². The lowest BCUT2D eigenvalue weighted by Crippen LogP contribution is -2.05. The summed E-state index contributed by atoms with van der Waals surface area (Å²) in [7, 11) is -3.56. The molecule has 0 aliphatic rings. The van der Waals surface area contributed by atoms with Gasteiger partial charge in [0.05, 0.1) is 13.2 Å². The van der Waals surface area contributed by atoms with Crippen LogP contribution in [0.5, 0.6) is 5.75 Å². The second kappa shape index (κ2) is 7.98. The van der Waals surface area contributed by atoms with Crippen LogP contribution in [-0.2, 0) is 13.6 Å². The zero-order valence-electron chi connectivity index (χ0n) is 13.9. The van der Waals surface area contributed by atoms with Crippen molar-refractivity contribution in [3.8, 4) is 5.75 Å². The molecule has 0 aliphatic heterocycles. The van der Waals surface area contributed by atoms with E-state index in [4.69, 9.17) is 13.6 Å². The van der Waals surface area contributed by atoms with Crippen molar-refractivity contribution < 1.29 is 18.1 Å². The number of rotatable bonds is 8. The fourth-order valence-corrected chi connectivity index (χ4v) is 3.20. The minimum absolute atomic E-state index is 0.262. The molecule has 0 radical (unpaired) electrons. The van der Waals surface area contributed by atoms with Gasteiger partial charge in [0.15, 0.2) is 0 Å². The first-order chi connectivity index (χ1) is 9.83. The number of phosphoric ester groups is 1. The first-order valence-corrected chi connectivity index (χ1v) is 9.01. The zero-order valence-corrected chi connectivity index (χ0v) is 14.8. The minimum Gasteiger partial charge on any atom is -0.404 e. The van der Waals surface area contributed by atoms with Gasteiger partial charge in [0.25, 0.3) is 0 Å². The van der Waals surface area contributed by atoms with Gasteiger partial charge < -0.3 is 4.52 Å². The molecule has 1 aromatic carbocycles. The van der Waals surface area contributed by atoms with Crippen molar-refractivity contribution in [1.29, 1.82) is 0 Å². The molecule has 0 unspecified atom stereocenters. The maximum absolute atomic E-state index is 12.6. The Morgan fingerprint density at radius 1 is 1.00 bits per heavy atom. The molecular formula is C16H27O4P. The van der Waals surface area contributed by atoms with Crippen molar-refractivity contribution in [3.05, 3.63) is 29.3 Å². The lowest BCUT2D eigenvalue weighted by molar-refractivity contribution is 0.167. The third-order valence-corrected chi connectivity index (χ3v) is 4.68.